The molecule has 3 heteroatoms. The predicted molar refractivity (Wildman–Crippen MR) is 84.7 cm³/mol. The van der Waals surface area contributed by atoms with Gasteiger partial charge in [-0.15, -0.1) is 0 Å². The molecule has 0 aliphatic heterocycles. The molecule has 1 aromatic rings. The van der Waals surface area contributed by atoms with Crippen LogP contribution in [-0.2, 0) is 21.4 Å². The topological polar surface area (TPSA) is 35.5 Å². The van der Waals surface area contributed by atoms with Crippen LogP contribution in [0, 0.1) is 6.92 Å². The third kappa shape index (κ3) is 2.35. The molecule has 0 fully saturated rings. The molecule has 1 aromatic carbocycles. The number of benzene rings is 1. The summed E-state index contributed by atoms with van der Waals surface area (Å²) in [4.78, 5) is 12.2. The first kappa shape index (κ1) is 15.6. The summed E-state index contributed by atoms with van der Waals surface area (Å²) in [5, 5.41) is 0. The molecular weight excluding hydrogens is 264 g/mol. The highest BCUT2D eigenvalue weighted by Crippen LogP contribution is 2.47. The van der Waals surface area contributed by atoms with E-state index in [4.69, 9.17) is 9.47 Å². The lowest BCUT2D eigenvalue weighted by Crippen LogP contribution is -2.24. The highest BCUT2D eigenvalue weighted by atomic mass is 16.5. The van der Waals surface area contributed by atoms with Crippen molar-refractivity contribution in [2.75, 3.05) is 13.7 Å². The van der Waals surface area contributed by atoms with Crippen molar-refractivity contribution in [2.24, 2.45) is 0 Å². The molecule has 0 spiro atoms. The molecular formula is C18H24O3. The van der Waals surface area contributed by atoms with Crippen LogP contribution in [0.15, 0.2) is 11.6 Å². The molecule has 0 N–H and O–H groups in total. The van der Waals surface area contributed by atoms with Crippen LogP contribution in [-0.4, -0.2) is 19.7 Å². The van der Waals surface area contributed by atoms with Crippen molar-refractivity contribution < 1.29 is 14.3 Å². The number of carbonyl (C=O) groups is 1. The minimum atomic E-state index is -0.355. The van der Waals surface area contributed by atoms with E-state index in [9.17, 15) is 4.79 Å². The summed E-state index contributed by atoms with van der Waals surface area (Å²) in [6, 6.07) is 2.20. The third-order valence-corrected chi connectivity index (χ3v) is 4.39. The van der Waals surface area contributed by atoms with Gasteiger partial charge in [0.1, 0.15) is 5.75 Å². The van der Waals surface area contributed by atoms with Crippen LogP contribution in [0.1, 0.15) is 49.9 Å². The molecule has 0 saturated heterocycles. The van der Waals surface area contributed by atoms with Gasteiger partial charge in [-0.2, -0.15) is 0 Å². The Morgan fingerprint density at radius 2 is 1.95 bits per heavy atom. The quantitative estimate of drug-likeness (QED) is 0.790. The van der Waals surface area contributed by atoms with Crippen LogP contribution in [0.5, 0.6) is 5.75 Å². The van der Waals surface area contributed by atoms with E-state index in [1.54, 1.807) is 7.11 Å². The normalized spacial score (nSPS) is 15.4. The van der Waals surface area contributed by atoms with Gasteiger partial charge >= 0.3 is 5.97 Å². The lowest BCUT2D eigenvalue weighted by Gasteiger charge is -2.25. The van der Waals surface area contributed by atoms with Crippen molar-refractivity contribution in [1.29, 1.82) is 0 Å². The molecule has 1 aliphatic carbocycles. The van der Waals surface area contributed by atoms with E-state index in [2.05, 4.69) is 33.8 Å². The van der Waals surface area contributed by atoms with Gasteiger partial charge in [-0.3, -0.25) is 0 Å². The lowest BCUT2D eigenvalue weighted by atomic mass is 9.80. The van der Waals surface area contributed by atoms with Crippen LogP contribution in [0.2, 0.25) is 0 Å². The molecule has 114 valence electrons. The van der Waals surface area contributed by atoms with Crippen molar-refractivity contribution in [3.05, 3.63) is 33.9 Å². The van der Waals surface area contributed by atoms with Crippen LogP contribution in [0.25, 0.3) is 6.08 Å². The molecule has 21 heavy (non-hydrogen) atoms. The zero-order chi connectivity index (χ0) is 15.8. The van der Waals surface area contributed by atoms with Gasteiger partial charge in [0, 0.05) is 16.6 Å². The van der Waals surface area contributed by atoms with E-state index in [0.717, 1.165) is 28.9 Å². The summed E-state index contributed by atoms with van der Waals surface area (Å²) in [7, 11) is 1.69. The largest absolute Gasteiger partial charge is 0.496 e. The predicted octanol–water partition coefficient (Wildman–Crippen LogP) is 3.80. The summed E-state index contributed by atoms with van der Waals surface area (Å²) in [5.41, 5.74) is 4.91. The molecule has 0 unspecified atom stereocenters. The second-order valence-corrected chi connectivity index (χ2v) is 5.91. The molecule has 0 atom stereocenters. The van der Waals surface area contributed by atoms with E-state index in [-0.39, 0.29) is 11.4 Å². The summed E-state index contributed by atoms with van der Waals surface area (Å²) in [6.07, 6.45) is 2.87. The number of hydrogen-bond donors (Lipinski definition) is 0. The maximum atomic E-state index is 12.2. The highest BCUT2D eigenvalue weighted by Gasteiger charge is 2.39. The van der Waals surface area contributed by atoms with E-state index in [1.807, 2.05) is 13.0 Å². The van der Waals surface area contributed by atoms with Gasteiger partial charge in [0.15, 0.2) is 0 Å². The van der Waals surface area contributed by atoms with E-state index in [0.29, 0.717) is 12.2 Å². The number of carbonyl (C=O) groups excluding carboxylic acids is 1. The van der Waals surface area contributed by atoms with Crippen LogP contribution in [0.4, 0.5) is 0 Å². The number of fused-ring (bicyclic) bond motifs is 1. The highest BCUT2D eigenvalue weighted by molar-refractivity contribution is 6.00. The monoisotopic (exact) mass is 288 g/mol. The van der Waals surface area contributed by atoms with Gasteiger partial charge in [-0.1, -0.05) is 26.8 Å². The Morgan fingerprint density at radius 1 is 1.29 bits per heavy atom. The standard InChI is InChI=1S/C18H24O3/c1-7-12-9-14-13(16(20-6)11(12)3)10-15(18(14,4)5)17(19)21-8-2/h9-10H,7-8H2,1-6H3. The summed E-state index contributed by atoms with van der Waals surface area (Å²) < 4.78 is 10.8. The first-order chi connectivity index (χ1) is 9.88. The van der Waals surface area contributed by atoms with Crippen LogP contribution in [0.3, 0.4) is 0 Å². The number of methoxy groups -OCH3 is 1. The fourth-order valence-electron chi connectivity index (χ4n) is 3.11. The Labute approximate surface area is 127 Å². The molecule has 0 amide bonds. The maximum absolute atomic E-state index is 12.2. The van der Waals surface area contributed by atoms with E-state index < -0.39 is 0 Å². The molecule has 3 nitrogen and oxygen atoms in total. The average Bonchev–Trinajstić information content (AvgIpc) is 2.70. The molecule has 0 radical (unpaired) electrons. The first-order valence-electron chi connectivity index (χ1n) is 7.48. The Kier molecular flexibility index (Phi) is 4.13. The van der Waals surface area contributed by atoms with Crippen molar-refractivity contribution in [3.8, 4) is 5.75 Å². The Balaban J connectivity index is 2.65. The van der Waals surface area contributed by atoms with E-state index >= 15 is 0 Å². The average molecular weight is 288 g/mol. The lowest BCUT2D eigenvalue weighted by molar-refractivity contribution is -0.139. The van der Waals surface area contributed by atoms with Crippen molar-refractivity contribution in [1.82, 2.24) is 0 Å². The summed E-state index contributed by atoms with van der Waals surface area (Å²) >= 11 is 0. The smallest absolute Gasteiger partial charge is 0.334 e. The molecule has 1 aliphatic rings. The fraction of sp³-hybridized carbons (Fsp3) is 0.500. The van der Waals surface area contributed by atoms with Crippen LogP contribution >= 0.6 is 0 Å². The number of hydrogen-bond acceptors (Lipinski definition) is 3. The van der Waals surface area contributed by atoms with Gasteiger partial charge in [-0.05, 0) is 43.0 Å². The second kappa shape index (κ2) is 5.55. The van der Waals surface area contributed by atoms with Gasteiger partial charge in [0.25, 0.3) is 0 Å². The molecule has 0 saturated carbocycles. The molecule has 0 aromatic heterocycles. The second-order valence-electron chi connectivity index (χ2n) is 5.91. The summed E-state index contributed by atoms with van der Waals surface area (Å²) in [6.45, 7) is 10.6. The van der Waals surface area contributed by atoms with Gasteiger partial charge in [0.05, 0.1) is 13.7 Å². The van der Waals surface area contributed by atoms with Crippen LogP contribution < -0.4 is 4.74 Å². The number of rotatable bonds is 4. The van der Waals surface area contributed by atoms with E-state index in [1.165, 1.54) is 5.56 Å². The number of esters is 1. The zero-order valence-electron chi connectivity index (χ0n) is 13.8. The summed E-state index contributed by atoms with van der Waals surface area (Å²) in [5.74, 6) is 0.633. The Hall–Kier alpha value is -1.77. The van der Waals surface area contributed by atoms with Crippen molar-refractivity contribution in [2.45, 2.75) is 46.5 Å². The fourth-order valence-corrected chi connectivity index (χ4v) is 3.11. The molecule has 0 heterocycles. The minimum absolute atomic E-state index is 0.239. The SMILES string of the molecule is CCOC(=O)C1=Cc2c(cc(CC)c(C)c2OC)C1(C)C. The van der Waals surface area contributed by atoms with Gasteiger partial charge in [0.2, 0.25) is 0 Å². The third-order valence-electron chi connectivity index (χ3n) is 4.39. The maximum Gasteiger partial charge on any atom is 0.334 e. The molecule has 0 bridgehead atoms. The Bertz CT molecular complexity index is 609. The zero-order valence-corrected chi connectivity index (χ0v) is 13.8. The molecule has 2 rings (SSSR count). The van der Waals surface area contributed by atoms with Gasteiger partial charge < -0.3 is 9.47 Å². The van der Waals surface area contributed by atoms with Crippen molar-refractivity contribution >= 4 is 12.0 Å². The van der Waals surface area contributed by atoms with Gasteiger partial charge in [-0.25, -0.2) is 4.79 Å². The minimum Gasteiger partial charge on any atom is -0.496 e. The van der Waals surface area contributed by atoms with Crippen molar-refractivity contribution in [3.63, 3.8) is 0 Å². The number of aryl methyl sites for hydroxylation is 1. The first-order valence-corrected chi connectivity index (χ1v) is 7.48. The number of ether oxygens (including phenoxy) is 2. The Morgan fingerprint density at radius 3 is 2.48 bits per heavy atom.